The Hall–Kier alpha value is -4.09. The summed E-state index contributed by atoms with van der Waals surface area (Å²) in [7, 11) is 1.20. The maximum atomic E-state index is 14.1. The Bertz CT molecular complexity index is 1400. The molecule has 0 fully saturated rings. The molecule has 4 aromatic heterocycles. The first kappa shape index (κ1) is 21.2. The number of aromatic nitrogens is 7. The number of methoxy groups -OCH3 is 1. The number of fused-ring (bicyclic) bond motifs is 1. The van der Waals surface area contributed by atoms with Crippen molar-refractivity contribution in [2.45, 2.75) is 25.8 Å². The third-order valence-corrected chi connectivity index (χ3v) is 4.90. The second-order valence-electron chi connectivity index (χ2n) is 7.43. The molecule has 12 heteroatoms. The fourth-order valence-electron chi connectivity index (χ4n) is 3.20. The van der Waals surface area contributed by atoms with Crippen molar-refractivity contribution < 1.29 is 18.3 Å². The zero-order valence-corrected chi connectivity index (χ0v) is 17.3. The molecule has 0 spiro atoms. The minimum Gasteiger partial charge on any atom is -0.468 e. The van der Waals surface area contributed by atoms with Gasteiger partial charge >= 0.3 is 5.97 Å². The van der Waals surface area contributed by atoms with E-state index in [1.54, 1.807) is 0 Å². The van der Waals surface area contributed by atoms with Crippen LogP contribution in [0.4, 0.5) is 8.78 Å². The number of pyridine rings is 2. The monoisotopic (exact) mass is 441 g/mol. The van der Waals surface area contributed by atoms with Crippen LogP contribution in [0, 0.1) is 11.6 Å². The summed E-state index contributed by atoms with van der Waals surface area (Å²) >= 11 is 0. The molecule has 0 aliphatic rings. The summed E-state index contributed by atoms with van der Waals surface area (Å²) in [6.07, 6.45) is 2.43. The molecule has 0 saturated carbocycles. The van der Waals surface area contributed by atoms with E-state index >= 15 is 0 Å². The first-order valence-electron chi connectivity index (χ1n) is 9.40. The van der Waals surface area contributed by atoms with Crippen LogP contribution >= 0.6 is 0 Å². The van der Waals surface area contributed by atoms with E-state index in [2.05, 4.69) is 30.2 Å². The van der Waals surface area contributed by atoms with Crippen LogP contribution in [-0.4, -0.2) is 48.0 Å². The van der Waals surface area contributed by atoms with Crippen LogP contribution in [0.25, 0.3) is 22.6 Å². The van der Waals surface area contributed by atoms with E-state index in [0.29, 0.717) is 0 Å². The summed E-state index contributed by atoms with van der Waals surface area (Å²) in [5.41, 5.74) is -1.78. The summed E-state index contributed by atoms with van der Waals surface area (Å²) in [5, 5.41) is 12.4. The normalized spacial score (nSPS) is 11.7. The van der Waals surface area contributed by atoms with Crippen molar-refractivity contribution in [1.29, 1.82) is 0 Å². The van der Waals surface area contributed by atoms with Crippen LogP contribution in [0.1, 0.15) is 25.2 Å². The van der Waals surface area contributed by atoms with Crippen LogP contribution in [0.3, 0.4) is 0 Å². The predicted octanol–water partition coefficient (Wildman–Crippen LogP) is 1.75. The molecular formula is C20H17F2N7O3. The minimum atomic E-state index is -1.35. The third kappa shape index (κ3) is 3.59. The molecule has 0 saturated heterocycles. The molecule has 4 heterocycles. The van der Waals surface area contributed by atoms with E-state index in [9.17, 15) is 18.4 Å². The Balaban J connectivity index is 1.84. The fraction of sp³-hybridized carbons (Fsp3) is 0.250. The van der Waals surface area contributed by atoms with Gasteiger partial charge in [-0.05, 0) is 32.0 Å². The Kier molecular flexibility index (Phi) is 5.20. The van der Waals surface area contributed by atoms with Gasteiger partial charge in [-0.1, -0.05) is 0 Å². The van der Waals surface area contributed by atoms with Gasteiger partial charge in [0.15, 0.2) is 11.5 Å². The summed E-state index contributed by atoms with van der Waals surface area (Å²) in [6, 6.07) is 3.88. The van der Waals surface area contributed by atoms with Crippen LogP contribution in [-0.2, 0) is 21.5 Å². The quantitative estimate of drug-likeness (QED) is 0.464. The average molecular weight is 441 g/mol. The molecule has 1 N–H and O–H groups in total. The molecule has 4 aromatic rings. The fourth-order valence-corrected chi connectivity index (χ4v) is 3.20. The Morgan fingerprint density at radius 2 is 2.03 bits per heavy atom. The van der Waals surface area contributed by atoms with Crippen LogP contribution in [0.2, 0.25) is 0 Å². The Labute approximate surface area is 179 Å². The van der Waals surface area contributed by atoms with Gasteiger partial charge < -0.3 is 9.72 Å². The van der Waals surface area contributed by atoms with E-state index in [-0.39, 0.29) is 40.5 Å². The standard InChI is InChI=1S/C20H17F2N7O3/c1-20(2,19(31)32-3)15-18(30)25-16(27-26-15)14-11-7-10(21)8-24-17(11)29(28-14)9-13-12(22)5-4-6-23-13/h4-8H,9H2,1-3H3,(H,25,27,30). The van der Waals surface area contributed by atoms with Gasteiger partial charge in [0.05, 0.1) is 30.9 Å². The van der Waals surface area contributed by atoms with Gasteiger partial charge in [-0.2, -0.15) is 5.10 Å². The molecule has 0 radical (unpaired) electrons. The number of hydrogen-bond acceptors (Lipinski definition) is 8. The largest absolute Gasteiger partial charge is 0.468 e. The molecule has 0 aliphatic carbocycles. The smallest absolute Gasteiger partial charge is 0.317 e. The van der Waals surface area contributed by atoms with E-state index in [1.807, 2.05) is 0 Å². The van der Waals surface area contributed by atoms with Crippen molar-refractivity contribution in [2.75, 3.05) is 7.11 Å². The van der Waals surface area contributed by atoms with Gasteiger partial charge in [0.1, 0.15) is 28.4 Å². The predicted molar refractivity (Wildman–Crippen MR) is 107 cm³/mol. The molecule has 10 nitrogen and oxygen atoms in total. The highest BCUT2D eigenvalue weighted by Crippen LogP contribution is 2.26. The molecular weight excluding hydrogens is 424 g/mol. The molecule has 164 valence electrons. The molecule has 0 aliphatic heterocycles. The number of rotatable bonds is 5. The van der Waals surface area contributed by atoms with E-state index in [1.165, 1.54) is 50.0 Å². The molecule has 0 bridgehead atoms. The summed E-state index contributed by atoms with van der Waals surface area (Å²) in [4.78, 5) is 35.2. The lowest BCUT2D eigenvalue weighted by Crippen LogP contribution is -2.38. The third-order valence-electron chi connectivity index (χ3n) is 4.90. The molecule has 4 rings (SSSR count). The Morgan fingerprint density at radius 3 is 2.72 bits per heavy atom. The lowest BCUT2D eigenvalue weighted by Gasteiger charge is -2.18. The number of aromatic amines is 1. The van der Waals surface area contributed by atoms with E-state index in [4.69, 9.17) is 4.74 Å². The van der Waals surface area contributed by atoms with Gasteiger partial charge in [-0.25, -0.2) is 18.4 Å². The van der Waals surface area contributed by atoms with Crippen molar-refractivity contribution in [3.8, 4) is 11.5 Å². The lowest BCUT2D eigenvalue weighted by atomic mass is 9.90. The van der Waals surface area contributed by atoms with Crippen LogP contribution in [0.15, 0.2) is 35.4 Å². The number of hydrogen-bond donors (Lipinski definition) is 1. The molecule has 32 heavy (non-hydrogen) atoms. The zero-order valence-electron chi connectivity index (χ0n) is 17.3. The first-order chi connectivity index (χ1) is 15.2. The summed E-state index contributed by atoms with van der Waals surface area (Å²) in [6.45, 7) is 2.86. The maximum Gasteiger partial charge on any atom is 0.317 e. The summed E-state index contributed by atoms with van der Waals surface area (Å²) < 4.78 is 34.0. The number of H-pyrrole nitrogens is 1. The van der Waals surface area contributed by atoms with Gasteiger partial charge in [0.2, 0.25) is 0 Å². The molecule has 0 aromatic carbocycles. The minimum absolute atomic E-state index is 0.0722. The van der Waals surface area contributed by atoms with E-state index < -0.39 is 28.6 Å². The van der Waals surface area contributed by atoms with Crippen LogP contribution in [0.5, 0.6) is 0 Å². The molecule has 0 amide bonds. The second kappa shape index (κ2) is 7.87. The van der Waals surface area contributed by atoms with Crippen molar-refractivity contribution in [2.24, 2.45) is 0 Å². The number of carbonyl (C=O) groups excluding carboxylic acids is 1. The van der Waals surface area contributed by atoms with Crippen molar-refractivity contribution in [3.05, 3.63) is 64.0 Å². The van der Waals surface area contributed by atoms with Crippen molar-refractivity contribution in [1.82, 2.24) is 34.9 Å². The van der Waals surface area contributed by atoms with Gasteiger partial charge in [-0.15, -0.1) is 10.2 Å². The Morgan fingerprint density at radius 1 is 1.25 bits per heavy atom. The second-order valence-corrected chi connectivity index (χ2v) is 7.43. The highest BCUT2D eigenvalue weighted by molar-refractivity contribution is 5.89. The number of carbonyl (C=O) groups is 1. The number of esters is 1. The van der Waals surface area contributed by atoms with Gasteiger partial charge in [-0.3, -0.25) is 14.6 Å². The lowest BCUT2D eigenvalue weighted by molar-refractivity contribution is -0.146. The summed E-state index contributed by atoms with van der Waals surface area (Å²) in [5.74, 6) is -1.91. The van der Waals surface area contributed by atoms with Crippen molar-refractivity contribution >= 4 is 17.0 Å². The highest BCUT2D eigenvalue weighted by Gasteiger charge is 2.36. The highest BCUT2D eigenvalue weighted by atomic mass is 19.1. The molecule has 0 atom stereocenters. The van der Waals surface area contributed by atoms with Crippen molar-refractivity contribution in [3.63, 3.8) is 0 Å². The van der Waals surface area contributed by atoms with Gasteiger partial charge in [0.25, 0.3) is 5.56 Å². The SMILES string of the molecule is COC(=O)C(C)(C)c1nnc(-c2nn(Cc3ncccc3F)c3ncc(F)cc23)[nH]c1=O. The average Bonchev–Trinajstić information content (AvgIpc) is 3.11. The first-order valence-corrected chi connectivity index (χ1v) is 9.40. The number of ether oxygens (including phenoxy) is 1. The van der Waals surface area contributed by atoms with Crippen LogP contribution < -0.4 is 5.56 Å². The number of nitrogens with one attached hydrogen (secondary N) is 1. The molecule has 0 unspecified atom stereocenters. The topological polar surface area (TPSA) is 129 Å². The number of nitrogens with zero attached hydrogens (tertiary/aromatic N) is 6. The number of halogens is 2. The van der Waals surface area contributed by atoms with Gasteiger partial charge in [0, 0.05) is 6.20 Å². The zero-order chi connectivity index (χ0) is 23.0. The maximum absolute atomic E-state index is 14.1. The van der Waals surface area contributed by atoms with E-state index in [0.717, 1.165) is 6.20 Å².